The van der Waals surface area contributed by atoms with Crippen molar-refractivity contribution >= 4 is 11.3 Å². The quantitative estimate of drug-likeness (QED) is 0.854. The van der Waals surface area contributed by atoms with Gasteiger partial charge >= 0.3 is 0 Å². The maximum Gasteiger partial charge on any atom is 0.0961 e. The van der Waals surface area contributed by atoms with Crippen molar-refractivity contribution in [2.75, 3.05) is 19.7 Å². The van der Waals surface area contributed by atoms with Crippen LogP contribution in [-0.2, 0) is 11.3 Å². The van der Waals surface area contributed by atoms with Gasteiger partial charge in [-0.25, -0.2) is 4.98 Å². The number of nitrogens with zero attached hydrogens (tertiary/aromatic N) is 1. The van der Waals surface area contributed by atoms with Crippen LogP contribution in [-0.4, -0.2) is 24.7 Å². The molecule has 1 aliphatic heterocycles. The maximum atomic E-state index is 5.35. The van der Waals surface area contributed by atoms with Crippen LogP contribution in [0.3, 0.4) is 0 Å². The summed E-state index contributed by atoms with van der Waals surface area (Å²) in [5, 5.41) is 6.81. The second-order valence-electron chi connectivity index (χ2n) is 3.84. The zero-order chi connectivity index (χ0) is 10.5. The highest BCUT2D eigenvalue weighted by Gasteiger charge is 2.18. The molecular formula is C11H18N2OS. The monoisotopic (exact) mass is 226 g/mol. The predicted molar refractivity (Wildman–Crippen MR) is 62.3 cm³/mol. The Bertz CT molecular complexity index is 295. The Morgan fingerprint density at radius 3 is 3.07 bits per heavy atom. The lowest BCUT2D eigenvalue weighted by molar-refractivity contribution is 0.131. The summed E-state index contributed by atoms with van der Waals surface area (Å²) in [5.74, 6) is 0.673. The minimum absolute atomic E-state index is 0.665. The molecule has 0 unspecified atom stereocenters. The largest absolute Gasteiger partial charge is 0.375 e. The van der Waals surface area contributed by atoms with Gasteiger partial charge in [0.25, 0.3) is 0 Å². The average molecular weight is 226 g/mol. The molecule has 2 rings (SSSR count). The van der Waals surface area contributed by atoms with Gasteiger partial charge in [-0.3, -0.25) is 0 Å². The van der Waals surface area contributed by atoms with E-state index in [1.807, 2.05) is 6.92 Å². The summed E-state index contributed by atoms with van der Waals surface area (Å²) < 4.78 is 5.35. The number of ether oxygens (including phenoxy) is 1. The van der Waals surface area contributed by atoms with E-state index in [9.17, 15) is 0 Å². The van der Waals surface area contributed by atoms with Gasteiger partial charge in [0.2, 0.25) is 0 Å². The number of rotatable bonds is 4. The van der Waals surface area contributed by atoms with Crippen molar-refractivity contribution in [3.05, 3.63) is 16.1 Å². The van der Waals surface area contributed by atoms with Gasteiger partial charge in [-0.15, -0.1) is 11.3 Å². The van der Waals surface area contributed by atoms with Gasteiger partial charge in [-0.1, -0.05) is 0 Å². The molecule has 0 atom stereocenters. The molecule has 84 valence electrons. The molecule has 3 nitrogen and oxygen atoms in total. The van der Waals surface area contributed by atoms with E-state index in [-0.39, 0.29) is 0 Å². The number of piperidine rings is 1. The van der Waals surface area contributed by atoms with E-state index >= 15 is 0 Å². The van der Waals surface area contributed by atoms with Gasteiger partial charge in [-0.05, 0) is 32.9 Å². The van der Waals surface area contributed by atoms with E-state index in [0.29, 0.717) is 12.5 Å². The van der Waals surface area contributed by atoms with Gasteiger partial charge in [0, 0.05) is 17.9 Å². The summed E-state index contributed by atoms with van der Waals surface area (Å²) in [4.78, 5) is 4.64. The average Bonchev–Trinajstić information content (AvgIpc) is 2.76. The second kappa shape index (κ2) is 5.58. The Labute approximate surface area is 94.9 Å². The number of aromatic nitrogens is 1. The summed E-state index contributed by atoms with van der Waals surface area (Å²) in [6.07, 6.45) is 2.45. The van der Waals surface area contributed by atoms with Crippen molar-refractivity contribution in [3.8, 4) is 0 Å². The third-order valence-electron chi connectivity index (χ3n) is 2.71. The SMILES string of the molecule is CCOCc1csc(C2CCNCC2)n1. The summed E-state index contributed by atoms with van der Waals surface area (Å²) >= 11 is 1.79. The molecule has 0 spiro atoms. The molecule has 15 heavy (non-hydrogen) atoms. The highest BCUT2D eigenvalue weighted by Crippen LogP contribution is 2.27. The van der Waals surface area contributed by atoms with Gasteiger partial charge < -0.3 is 10.1 Å². The second-order valence-corrected chi connectivity index (χ2v) is 4.73. The molecule has 0 aromatic carbocycles. The van der Waals surface area contributed by atoms with Crippen LogP contribution in [0.2, 0.25) is 0 Å². The topological polar surface area (TPSA) is 34.1 Å². The van der Waals surface area contributed by atoms with Crippen LogP contribution in [0.15, 0.2) is 5.38 Å². The molecule has 1 aromatic rings. The molecule has 1 saturated heterocycles. The Kier molecular flexibility index (Phi) is 4.11. The number of hydrogen-bond acceptors (Lipinski definition) is 4. The summed E-state index contributed by atoms with van der Waals surface area (Å²) in [6, 6.07) is 0. The van der Waals surface area contributed by atoms with Crippen molar-refractivity contribution in [1.82, 2.24) is 10.3 Å². The van der Waals surface area contributed by atoms with Crippen LogP contribution < -0.4 is 5.32 Å². The van der Waals surface area contributed by atoms with Gasteiger partial charge in [0.15, 0.2) is 0 Å². The zero-order valence-electron chi connectivity index (χ0n) is 9.16. The summed E-state index contributed by atoms with van der Waals surface area (Å²) in [7, 11) is 0. The van der Waals surface area contributed by atoms with E-state index in [2.05, 4.69) is 15.7 Å². The first-order valence-corrected chi connectivity index (χ1v) is 6.51. The normalized spacial score (nSPS) is 18.2. The van der Waals surface area contributed by atoms with E-state index in [1.54, 1.807) is 11.3 Å². The number of thiazole rings is 1. The maximum absolute atomic E-state index is 5.35. The van der Waals surface area contributed by atoms with Crippen LogP contribution in [0.5, 0.6) is 0 Å². The van der Waals surface area contributed by atoms with E-state index in [1.165, 1.54) is 17.8 Å². The van der Waals surface area contributed by atoms with Crippen molar-refractivity contribution in [2.24, 2.45) is 0 Å². The molecule has 0 saturated carbocycles. The fourth-order valence-corrected chi connectivity index (χ4v) is 2.83. The Morgan fingerprint density at radius 1 is 1.53 bits per heavy atom. The number of hydrogen-bond donors (Lipinski definition) is 1. The van der Waals surface area contributed by atoms with Crippen molar-refractivity contribution in [2.45, 2.75) is 32.3 Å². The van der Waals surface area contributed by atoms with E-state index < -0.39 is 0 Å². The molecule has 1 N–H and O–H groups in total. The van der Waals surface area contributed by atoms with Crippen LogP contribution >= 0.6 is 11.3 Å². The standard InChI is InChI=1S/C11H18N2OS/c1-2-14-7-10-8-15-11(13-10)9-3-5-12-6-4-9/h8-9,12H,2-7H2,1H3. The van der Waals surface area contributed by atoms with Crippen molar-refractivity contribution in [3.63, 3.8) is 0 Å². The molecule has 2 heterocycles. The minimum atomic E-state index is 0.665. The Balaban J connectivity index is 1.93. The third-order valence-corrected chi connectivity index (χ3v) is 3.77. The van der Waals surface area contributed by atoms with Crippen LogP contribution in [0.1, 0.15) is 36.4 Å². The number of nitrogens with one attached hydrogen (secondary N) is 1. The molecule has 1 aliphatic rings. The third kappa shape index (κ3) is 3.00. The highest BCUT2D eigenvalue weighted by molar-refractivity contribution is 7.09. The summed E-state index contributed by atoms with van der Waals surface area (Å²) in [5.41, 5.74) is 1.09. The molecular weight excluding hydrogens is 208 g/mol. The van der Waals surface area contributed by atoms with Crippen molar-refractivity contribution in [1.29, 1.82) is 0 Å². The molecule has 1 fully saturated rings. The lowest BCUT2D eigenvalue weighted by atomic mass is 9.99. The first kappa shape index (κ1) is 11.0. The van der Waals surface area contributed by atoms with E-state index in [4.69, 9.17) is 4.74 Å². The first-order valence-electron chi connectivity index (χ1n) is 5.63. The Hall–Kier alpha value is -0.450. The summed E-state index contributed by atoms with van der Waals surface area (Å²) in [6.45, 7) is 5.70. The molecule has 1 aromatic heterocycles. The van der Waals surface area contributed by atoms with Gasteiger partial charge in [-0.2, -0.15) is 0 Å². The molecule has 0 radical (unpaired) electrons. The van der Waals surface area contributed by atoms with Crippen LogP contribution in [0, 0.1) is 0 Å². The van der Waals surface area contributed by atoms with Gasteiger partial charge in [0.1, 0.15) is 0 Å². The molecule has 0 amide bonds. The van der Waals surface area contributed by atoms with Crippen LogP contribution in [0.25, 0.3) is 0 Å². The highest BCUT2D eigenvalue weighted by atomic mass is 32.1. The zero-order valence-corrected chi connectivity index (χ0v) is 9.98. The molecule has 0 aliphatic carbocycles. The fourth-order valence-electron chi connectivity index (χ4n) is 1.85. The minimum Gasteiger partial charge on any atom is -0.375 e. The molecule has 4 heteroatoms. The van der Waals surface area contributed by atoms with Crippen LogP contribution in [0.4, 0.5) is 0 Å². The van der Waals surface area contributed by atoms with Crippen molar-refractivity contribution < 1.29 is 4.74 Å². The van der Waals surface area contributed by atoms with Gasteiger partial charge in [0.05, 0.1) is 17.3 Å². The van der Waals surface area contributed by atoms with E-state index in [0.717, 1.165) is 25.4 Å². The molecule has 0 bridgehead atoms. The Morgan fingerprint density at radius 2 is 2.33 bits per heavy atom. The lowest BCUT2D eigenvalue weighted by Gasteiger charge is -2.20. The fraction of sp³-hybridized carbons (Fsp3) is 0.727. The lowest BCUT2D eigenvalue weighted by Crippen LogP contribution is -2.26. The smallest absolute Gasteiger partial charge is 0.0961 e. The predicted octanol–water partition coefficient (Wildman–Crippen LogP) is 2.15. The first-order chi connectivity index (χ1) is 7.40.